The van der Waals surface area contributed by atoms with Crippen molar-refractivity contribution in [3.63, 3.8) is 0 Å². The van der Waals surface area contributed by atoms with Gasteiger partial charge in [0.25, 0.3) is 0 Å². The van der Waals surface area contributed by atoms with E-state index in [1.54, 1.807) is 6.92 Å². The quantitative estimate of drug-likeness (QED) is 0.615. The summed E-state index contributed by atoms with van der Waals surface area (Å²) in [5.41, 5.74) is 0.536. The van der Waals surface area contributed by atoms with Gasteiger partial charge in [-0.3, -0.25) is 14.5 Å². The number of ketones is 1. The maximum atomic E-state index is 13.0. The van der Waals surface area contributed by atoms with Gasteiger partial charge in [-0.2, -0.15) is 5.26 Å². The molecular weight excluding hydrogens is 364 g/mol. The molecule has 0 N–H and O–H groups in total. The smallest absolute Gasteiger partial charge is 0.323 e. The molecule has 1 aromatic rings. The van der Waals surface area contributed by atoms with Crippen LogP contribution < -0.4 is 0 Å². The minimum absolute atomic E-state index is 0.134. The fraction of sp³-hybridized carbons (Fsp3) is 0.625. The number of Topliss-reactive ketones (excluding diaryl/α,β-unsaturated/α-hetero) is 1. The minimum atomic E-state index is -0.591. The largest absolute Gasteiger partial charge is 0.459 e. The minimum Gasteiger partial charge on any atom is -0.459 e. The molecule has 1 aliphatic rings. The third-order valence-corrected chi connectivity index (χ3v) is 5.50. The number of likely N-dealkylation sites (tertiary alicyclic amines) is 1. The number of esters is 1. The average Bonchev–Trinajstić information content (AvgIpc) is 3.08. The summed E-state index contributed by atoms with van der Waals surface area (Å²) in [6.45, 7) is 9.75. The molecule has 2 rings (SSSR count). The summed E-state index contributed by atoms with van der Waals surface area (Å²) in [6, 6.07) is 11.7. The normalized spacial score (nSPS) is 21.9. The zero-order valence-corrected chi connectivity index (χ0v) is 18.4. The van der Waals surface area contributed by atoms with Crippen LogP contribution in [0.4, 0.5) is 0 Å². The summed E-state index contributed by atoms with van der Waals surface area (Å²) < 4.78 is 5.67. The predicted octanol–water partition coefficient (Wildman–Crippen LogP) is 4.16. The molecular formula is C24H34N2O3. The zero-order valence-electron chi connectivity index (χ0n) is 18.4. The second-order valence-electron chi connectivity index (χ2n) is 9.07. The molecule has 0 saturated carbocycles. The number of carbonyl (C=O) groups excluding carboxylic acids is 2. The van der Waals surface area contributed by atoms with E-state index in [0.29, 0.717) is 19.4 Å². The van der Waals surface area contributed by atoms with Crippen LogP contribution in [0.5, 0.6) is 0 Å². The molecule has 1 heterocycles. The zero-order chi connectivity index (χ0) is 21.6. The van der Waals surface area contributed by atoms with Crippen LogP contribution in [-0.4, -0.2) is 40.9 Å². The summed E-state index contributed by atoms with van der Waals surface area (Å²) >= 11 is 0. The Morgan fingerprint density at radius 3 is 2.45 bits per heavy atom. The molecule has 0 amide bonds. The highest BCUT2D eigenvalue weighted by atomic mass is 16.6. The van der Waals surface area contributed by atoms with Crippen LogP contribution in [0, 0.1) is 23.2 Å². The molecule has 4 atom stereocenters. The predicted molar refractivity (Wildman–Crippen MR) is 113 cm³/mol. The number of carbonyl (C=O) groups is 2. The summed E-state index contributed by atoms with van der Waals surface area (Å²) in [5, 5.41) is 9.54. The standard InChI is InChI=1S/C24H34N2O3/c1-6-10-20(17(2)27)21(13-18-11-8-7-9-12-18)26-16-19(15-25)14-22(26)23(28)29-24(3,4)5/h7-9,11-12,19-22H,6,10,13-14,16H2,1-5H3/t19?,20-,21?,22?/m0/s1. The Morgan fingerprint density at radius 2 is 1.93 bits per heavy atom. The van der Waals surface area contributed by atoms with Gasteiger partial charge in [0.15, 0.2) is 0 Å². The summed E-state index contributed by atoms with van der Waals surface area (Å²) in [5.74, 6) is -0.578. The van der Waals surface area contributed by atoms with Crippen LogP contribution in [0.2, 0.25) is 0 Å². The number of rotatable bonds is 8. The van der Waals surface area contributed by atoms with Crippen molar-refractivity contribution in [2.45, 2.75) is 78.0 Å². The number of ether oxygens (including phenoxy) is 1. The van der Waals surface area contributed by atoms with Gasteiger partial charge in [0, 0.05) is 18.5 Å². The van der Waals surface area contributed by atoms with Gasteiger partial charge in [0.05, 0.1) is 12.0 Å². The van der Waals surface area contributed by atoms with Crippen LogP contribution in [0.25, 0.3) is 0 Å². The molecule has 3 unspecified atom stereocenters. The van der Waals surface area contributed by atoms with E-state index in [9.17, 15) is 14.9 Å². The fourth-order valence-electron chi connectivity index (χ4n) is 4.25. The van der Waals surface area contributed by atoms with E-state index in [4.69, 9.17) is 4.74 Å². The Bertz CT molecular complexity index is 733. The second kappa shape index (κ2) is 10.0. The van der Waals surface area contributed by atoms with Crippen molar-refractivity contribution in [1.29, 1.82) is 5.26 Å². The Morgan fingerprint density at radius 1 is 1.28 bits per heavy atom. The Labute approximate surface area is 175 Å². The van der Waals surface area contributed by atoms with Gasteiger partial charge in [0.2, 0.25) is 0 Å². The second-order valence-corrected chi connectivity index (χ2v) is 9.07. The molecule has 1 aliphatic heterocycles. The monoisotopic (exact) mass is 398 g/mol. The lowest BCUT2D eigenvalue weighted by atomic mass is 9.85. The topological polar surface area (TPSA) is 70.4 Å². The number of benzene rings is 1. The molecule has 0 spiro atoms. The van der Waals surface area contributed by atoms with E-state index in [1.807, 2.05) is 39.0 Å². The number of hydrogen-bond donors (Lipinski definition) is 0. The van der Waals surface area contributed by atoms with Gasteiger partial charge >= 0.3 is 5.97 Å². The van der Waals surface area contributed by atoms with E-state index in [2.05, 4.69) is 30.0 Å². The van der Waals surface area contributed by atoms with Gasteiger partial charge in [-0.05, 0) is 52.5 Å². The summed E-state index contributed by atoms with van der Waals surface area (Å²) in [6.07, 6.45) is 2.78. The first kappa shape index (κ1) is 23.1. The third-order valence-electron chi connectivity index (χ3n) is 5.50. The molecule has 5 nitrogen and oxygen atoms in total. The molecule has 0 aliphatic carbocycles. The lowest BCUT2D eigenvalue weighted by Crippen LogP contribution is -2.50. The van der Waals surface area contributed by atoms with Crippen molar-refractivity contribution < 1.29 is 14.3 Å². The highest BCUT2D eigenvalue weighted by Crippen LogP contribution is 2.33. The van der Waals surface area contributed by atoms with Crippen molar-refractivity contribution in [2.75, 3.05) is 6.54 Å². The Kier molecular flexibility index (Phi) is 7.98. The number of nitriles is 1. The van der Waals surface area contributed by atoms with Crippen LogP contribution in [0.15, 0.2) is 30.3 Å². The molecule has 0 radical (unpaired) electrons. The maximum Gasteiger partial charge on any atom is 0.323 e. The molecule has 0 aromatic heterocycles. The lowest BCUT2D eigenvalue weighted by molar-refractivity contribution is -0.162. The van der Waals surface area contributed by atoms with Gasteiger partial charge in [-0.1, -0.05) is 43.7 Å². The first-order valence-electron chi connectivity index (χ1n) is 10.6. The summed E-state index contributed by atoms with van der Waals surface area (Å²) in [4.78, 5) is 27.6. The van der Waals surface area contributed by atoms with Gasteiger partial charge in [0.1, 0.15) is 17.4 Å². The third kappa shape index (κ3) is 6.40. The molecule has 29 heavy (non-hydrogen) atoms. The average molecular weight is 399 g/mol. The highest BCUT2D eigenvalue weighted by Gasteiger charge is 2.45. The van der Waals surface area contributed by atoms with Gasteiger partial charge in [-0.15, -0.1) is 0 Å². The van der Waals surface area contributed by atoms with E-state index in [0.717, 1.165) is 18.4 Å². The maximum absolute atomic E-state index is 13.0. The number of hydrogen-bond acceptors (Lipinski definition) is 5. The summed E-state index contributed by atoms with van der Waals surface area (Å²) in [7, 11) is 0. The lowest BCUT2D eigenvalue weighted by Gasteiger charge is -2.37. The van der Waals surface area contributed by atoms with Crippen molar-refractivity contribution in [3.8, 4) is 6.07 Å². The van der Waals surface area contributed by atoms with Crippen LogP contribution in [0.3, 0.4) is 0 Å². The van der Waals surface area contributed by atoms with Crippen LogP contribution in [0.1, 0.15) is 59.4 Å². The van der Waals surface area contributed by atoms with E-state index in [-0.39, 0.29) is 29.6 Å². The Balaban J connectivity index is 2.40. The molecule has 0 bridgehead atoms. The molecule has 158 valence electrons. The first-order valence-corrected chi connectivity index (χ1v) is 10.6. The molecule has 1 aromatic carbocycles. The van der Waals surface area contributed by atoms with Crippen molar-refractivity contribution in [2.24, 2.45) is 11.8 Å². The fourth-order valence-corrected chi connectivity index (χ4v) is 4.25. The van der Waals surface area contributed by atoms with Crippen LogP contribution in [-0.2, 0) is 20.7 Å². The van der Waals surface area contributed by atoms with Crippen molar-refractivity contribution >= 4 is 11.8 Å². The van der Waals surface area contributed by atoms with E-state index in [1.165, 1.54) is 0 Å². The SMILES string of the molecule is CCC[C@@H](C(C)=O)C(Cc1ccccc1)N1CC(C#N)CC1C(=O)OC(C)(C)C. The number of nitrogens with zero attached hydrogens (tertiary/aromatic N) is 2. The highest BCUT2D eigenvalue weighted by molar-refractivity contribution is 5.80. The van der Waals surface area contributed by atoms with Crippen molar-refractivity contribution in [3.05, 3.63) is 35.9 Å². The first-order chi connectivity index (χ1) is 13.7. The van der Waals surface area contributed by atoms with Crippen LogP contribution >= 0.6 is 0 Å². The van der Waals surface area contributed by atoms with Gasteiger partial charge in [-0.25, -0.2) is 0 Å². The van der Waals surface area contributed by atoms with E-state index >= 15 is 0 Å². The Hall–Kier alpha value is -2.19. The molecule has 5 heteroatoms. The van der Waals surface area contributed by atoms with E-state index < -0.39 is 11.6 Å². The molecule has 1 fully saturated rings. The van der Waals surface area contributed by atoms with Gasteiger partial charge < -0.3 is 4.74 Å². The molecule has 1 saturated heterocycles. The van der Waals surface area contributed by atoms with Crippen molar-refractivity contribution in [1.82, 2.24) is 4.90 Å².